The predicted molar refractivity (Wildman–Crippen MR) is 92.7 cm³/mol. The Kier molecular flexibility index (Phi) is 6.04. The lowest BCUT2D eigenvalue weighted by atomic mass is 10.1. The zero-order valence-electron chi connectivity index (χ0n) is 14.2. The van der Waals surface area contributed by atoms with Crippen LogP contribution < -0.4 is 10.2 Å². The molecule has 0 saturated carbocycles. The summed E-state index contributed by atoms with van der Waals surface area (Å²) in [6.07, 6.45) is 3.50. The fourth-order valence-electron chi connectivity index (χ4n) is 2.27. The van der Waals surface area contributed by atoms with Crippen LogP contribution in [0.4, 0.5) is 10.5 Å². The largest absolute Gasteiger partial charge is 0.444 e. The highest BCUT2D eigenvalue weighted by Gasteiger charge is 2.15. The monoisotopic (exact) mass is 318 g/mol. The van der Waals surface area contributed by atoms with Gasteiger partial charge in [-0.25, -0.2) is 4.79 Å². The third kappa shape index (κ3) is 6.32. The van der Waals surface area contributed by atoms with E-state index in [0.717, 1.165) is 31.9 Å². The number of amides is 1. The van der Waals surface area contributed by atoms with Crippen LogP contribution in [0.2, 0.25) is 0 Å². The standard InChI is InChI=1S/C18H26N2O3/c1-18(2,3)23-17(21)19-10-4-5-15-6-8-16(9-7-15)20-11-13-22-14-12-20/h4-9H,10-14H2,1-3H3,(H,19,21). The summed E-state index contributed by atoms with van der Waals surface area (Å²) in [6, 6.07) is 8.39. The number of hydrogen-bond donors (Lipinski definition) is 1. The SMILES string of the molecule is CC(C)(C)OC(=O)NCC=Cc1ccc(N2CCOCC2)cc1. The predicted octanol–water partition coefficient (Wildman–Crippen LogP) is 3.06. The van der Waals surface area contributed by atoms with E-state index >= 15 is 0 Å². The number of alkyl carbamates (subject to hydrolysis) is 1. The van der Waals surface area contributed by atoms with Crippen LogP contribution in [0.25, 0.3) is 6.08 Å². The summed E-state index contributed by atoms with van der Waals surface area (Å²) in [5.74, 6) is 0. The number of morpholine rings is 1. The summed E-state index contributed by atoms with van der Waals surface area (Å²) in [4.78, 5) is 13.8. The minimum absolute atomic E-state index is 0.398. The molecule has 1 N–H and O–H groups in total. The van der Waals surface area contributed by atoms with E-state index < -0.39 is 11.7 Å². The zero-order valence-corrected chi connectivity index (χ0v) is 14.2. The molecule has 126 valence electrons. The minimum atomic E-state index is -0.469. The molecule has 1 amide bonds. The number of ether oxygens (including phenoxy) is 2. The van der Waals surface area contributed by atoms with Crippen molar-refractivity contribution in [1.29, 1.82) is 0 Å². The maximum absolute atomic E-state index is 11.5. The second-order valence-electron chi connectivity index (χ2n) is 6.48. The van der Waals surface area contributed by atoms with E-state index in [2.05, 4.69) is 34.5 Å². The molecule has 0 aliphatic carbocycles. The number of anilines is 1. The van der Waals surface area contributed by atoms with Gasteiger partial charge < -0.3 is 19.7 Å². The van der Waals surface area contributed by atoms with Crippen LogP contribution in [0.15, 0.2) is 30.3 Å². The lowest BCUT2D eigenvalue weighted by Crippen LogP contribution is -2.36. The van der Waals surface area contributed by atoms with Crippen molar-refractivity contribution >= 4 is 17.9 Å². The highest BCUT2D eigenvalue weighted by Crippen LogP contribution is 2.17. The van der Waals surface area contributed by atoms with Gasteiger partial charge in [-0.1, -0.05) is 24.3 Å². The molecule has 5 nitrogen and oxygen atoms in total. The highest BCUT2D eigenvalue weighted by atomic mass is 16.6. The first-order valence-corrected chi connectivity index (χ1v) is 8.00. The Morgan fingerprint density at radius 1 is 1.26 bits per heavy atom. The van der Waals surface area contributed by atoms with Crippen LogP contribution in [0.5, 0.6) is 0 Å². The molecule has 0 aromatic heterocycles. The normalized spacial score (nSPS) is 15.7. The molecule has 1 aromatic carbocycles. The van der Waals surface area contributed by atoms with Crippen LogP contribution >= 0.6 is 0 Å². The lowest BCUT2D eigenvalue weighted by Gasteiger charge is -2.28. The third-order valence-corrected chi connectivity index (χ3v) is 3.34. The first kappa shape index (κ1) is 17.3. The van der Waals surface area contributed by atoms with Gasteiger partial charge in [0.2, 0.25) is 0 Å². The number of rotatable bonds is 4. The van der Waals surface area contributed by atoms with Gasteiger partial charge in [0.05, 0.1) is 13.2 Å². The molecular formula is C18H26N2O3. The smallest absolute Gasteiger partial charge is 0.407 e. The minimum Gasteiger partial charge on any atom is -0.444 e. The van der Waals surface area contributed by atoms with E-state index in [0.29, 0.717) is 6.54 Å². The number of nitrogens with one attached hydrogen (secondary N) is 1. The Morgan fingerprint density at radius 3 is 2.52 bits per heavy atom. The number of benzene rings is 1. The van der Waals surface area contributed by atoms with Gasteiger partial charge >= 0.3 is 6.09 Å². The van der Waals surface area contributed by atoms with Crippen LogP contribution in [-0.4, -0.2) is 44.5 Å². The molecule has 0 unspecified atom stereocenters. The molecule has 23 heavy (non-hydrogen) atoms. The van der Waals surface area contributed by atoms with Gasteiger partial charge in [0.15, 0.2) is 0 Å². The van der Waals surface area contributed by atoms with Crippen LogP contribution in [0.1, 0.15) is 26.3 Å². The molecule has 1 heterocycles. The van der Waals surface area contributed by atoms with Gasteiger partial charge in [0.1, 0.15) is 5.60 Å². The van der Waals surface area contributed by atoms with Gasteiger partial charge in [-0.15, -0.1) is 0 Å². The molecule has 1 aliphatic heterocycles. The summed E-state index contributed by atoms with van der Waals surface area (Å²) in [5, 5.41) is 2.70. The van der Waals surface area contributed by atoms with Crippen LogP contribution in [0, 0.1) is 0 Å². The number of hydrogen-bond acceptors (Lipinski definition) is 4. The van der Waals surface area contributed by atoms with Gasteiger partial charge in [0.25, 0.3) is 0 Å². The van der Waals surface area contributed by atoms with Crippen molar-refractivity contribution in [1.82, 2.24) is 5.32 Å². The average molecular weight is 318 g/mol. The lowest BCUT2D eigenvalue weighted by molar-refractivity contribution is 0.0534. The van der Waals surface area contributed by atoms with Gasteiger partial charge in [-0.05, 0) is 38.5 Å². The molecule has 0 atom stereocenters. The molecule has 1 aliphatic rings. The van der Waals surface area contributed by atoms with Crippen LogP contribution in [-0.2, 0) is 9.47 Å². The van der Waals surface area contributed by atoms with Crippen LogP contribution in [0.3, 0.4) is 0 Å². The van der Waals surface area contributed by atoms with Gasteiger partial charge in [-0.2, -0.15) is 0 Å². The highest BCUT2D eigenvalue weighted by molar-refractivity contribution is 5.68. The molecule has 0 spiro atoms. The van der Waals surface area contributed by atoms with E-state index in [9.17, 15) is 4.79 Å². The maximum atomic E-state index is 11.5. The van der Waals surface area contributed by atoms with Crippen molar-refractivity contribution in [2.75, 3.05) is 37.7 Å². The maximum Gasteiger partial charge on any atom is 0.407 e. The summed E-state index contributed by atoms with van der Waals surface area (Å²) in [7, 11) is 0. The fourth-order valence-corrected chi connectivity index (χ4v) is 2.27. The number of carbonyl (C=O) groups excluding carboxylic acids is 1. The summed E-state index contributed by atoms with van der Waals surface area (Å²) >= 11 is 0. The second kappa shape index (κ2) is 8.02. The van der Waals surface area contributed by atoms with E-state index in [4.69, 9.17) is 9.47 Å². The number of nitrogens with zero attached hydrogens (tertiary/aromatic N) is 1. The zero-order chi connectivity index (χ0) is 16.7. The van der Waals surface area contributed by atoms with Gasteiger partial charge in [-0.3, -0.25) is 0 Å². The molecule has 1 saturated heterocycles. The molecule has 0 bridgehead atoms. The van der Waals surface area contributed by atoms with E-state index in [-0.39, 0.29) is 0 Å². The third-order valence-electron chi connectivity index (χ3n) is 3.34. The fraction of sp³-hybridized carbons (Fsp3) is 0.500. The number of carbonyl (C=O) groups is 1. The van der Waals surface area contributed by atoms with Crippen molar-refractivity contribution in [3.63, 3.8) is 0 Å². The molecule has 0 radical (unpaired) electrons. The van der Waals surface area contributed by atoms with E-state index in [1.54, 1.807) is 0 Å². The van der Waals surface area contributed by atoms with Crippen molar-refractivity contribution in [2.24, 2.45) is 0 Å². The van der Waals surface area contributed by atoms with Crippen molar-refractivity contribution in [3.05, 3.63) is 35.9 Å². The summed E-state index contributed by atoms with van der Waals surface area (Å²) in [6.45, 7) is 9.44. The molecule has 1 aromatic rings. The van der Waals surface area contributed by atoms with E-state index in [1.165, 1.54) is 5.69 Å². The Morgan fingerprint density at radius 2 is 1.91 bits per heavy atom. The van der Waals surface area contributed by atoms with Gasteiger partial charge in [0, 0.05) is 25.3 Å². The van der Waals surface area contributed by atoms with Crippen molar-refractivity contribution in [3.8, 4) is 0 Å². The first-order chi connectivity index (χ1) is 10.9. The second-order valence-corrected chi connectivity index (χ2v) is 6.48. The first-order valence-electron chi connectivity index (χ1n) is 8.00. The molecule has 1 fully saturated rings. The van der Waals surface area contributed by atoms with E-state index in [1.807, 2.05) is 32.9 Å². The van der Waals surface area contributed by atoms with Crippen molar-refractivity contribution < 1.29 is 14.3 Å². The topological polar surface area (TPSA) is 50.8 Å². The molecule has 2 rings (SSSR count). The summed E-state index contributed by atoms with van der Waals surface area (Å²) in [5.41, 5.74) is 1.86. The Hall–Kier alpha value is -2.01. The average Bonchev–Trinajstić information content (AvgIpc) is 2.51. The molecular weight excluding hydrogens is 292 g/mol. The Bertz CT molecular complexity index is 526. The quantitative estimate of drug-likeness (QED) is 0.927. The Labute approximate surface area is 138 Å². The van der Waals surface area contributed by atoms with Crippen molar-refractivity contribution in [2.45, 2.75) is 26.4 Å². The Balaban J connectivity index is 1.78. The summed E-state index contributed by atoms with van der Waals surface area (Å²) < 4.78 is 10.5. The molecule has 5 heteroatoms.